The van der Waals surface area contributed by atoms with E-state index in [1.165, 1.54) is 17.2 Å². The van der Waals surface area contributed by atoms with Crippen LogP contribution in [0.25, 0.3) is 0 Å². The van der Waals surface area contributed by atoms with Crippen LogP contribution in [0.1, 0.15) is 17.2 Å². The van der Waals surface area contributed by atoms with Gasteiger partial charge in [-0.05, 0) is 29.7 Å². The minimum atomic E-state index is -0.181. The molecule has 2 heteroatoms. The maximum atomic E-state index is 13.1. The summed E-state index contributed by atoms with van der Waals surface area (Å²) in [5.41, 5.74) is 3.36. The number of anilines is 1. The van der Waals surface area contributed by atoms with Crippen molar-refractivity contribution in [2.45, 2.75) is 12.5 Å². The second-order valence-corrected chi connectivity index (χ2v) is 4.11. The molecule has 0 radical (unpaired) electrons. The third-order valence-electron chi connectivity index (χ3n) is 3.03. The third kappa shape index (κ3) is 1.56. The third-order valence-corrected chi connectivity index (χ3v) is 3.03. The molecular weight excluding hydrogens is 201 g/mol. The molecule has 0 aromatic heterocycles. The first kappa shape index (κ1) is 9.40. The molecule has 1 aliphatic heterocycles. The van der Waals surface area contributed by atoms with Crippen molar-refractivity contribution < 1.29 is 4.39 Å². The fourth-order valence-corrected chi connectivity index (χ4v) is 2.21. The quantitative estimate of drug-likeness (QED) is 0.764. The maximum absolute atomic E-state index is 13.1. The zero-order chi connectivity index (χ0) is 11.0. The number of nitrogens with one attached hydrogen (secondary N) is 1. The van der Waals surface area contributed by atoms with Crippen LogP contribution in [-0.2, 0) is 6.42 Å². The first-order valence-electron chi connectivity index (χ1n) is 5.43. The van der Waals surface area contributed by atoms with Crippen molar-refractivity contribution in [3.05, 3.63) is 65.5 Å². The molecule has 0 fully saturated rings. The van der Waals surface area contributed by atoms with Crippen LogP contribution in [0.3, 0.4) is 0 Å². The van der Waals surface area contributed by atoms with Gasteiger partial charge >= 0.3 is 0 Å². The van der Waals surface area contributed by atoms with E-state index in [-0.39, 0.29) is 11.9 Å². The van der Waals surface area contributed by atoms with Gasteiger partial charge in [0.25, 0.3) is 0 Å². The molecule has 1 heterocycles. The Balaban J connectivity index is 1.91. The molecule has 0 saturated carbocycles. The first-order valence-corrected chi connectivity index (χ1v) is 5.43. The monoisotopic (exact) mass is 213 g/mol. The predicted octanol–water partition coefficient (Wildman–Crippen LogP) is 3.54. The van der Waals surface area contributed by atoms with Crippen LogP contribution in [0.4, 0.5) is 10.1 Å². The lowest BCUT2D eigenvalue weighted by molar-refractivity contribution is 0.628. The van der Waals surface area contributed by atoms with Gasteiger partial charge in [0.15, 0.2) is 0 Å². The lowest BCUT2D eigenvalue weighted by Crippen LogP contribution is -2.04. The second kappa shape index (κ2) is 3.63. The van der Waals surface area contributed by atoms with Crippen LogP contribution in [0.15, 0.2) is 48.5 Å². The number of hydrogen-bond acceptors (Lipinski definition) is 1. The van der Waals surface area contributed by atoms with Crippen LogP contribution in [0.5, 0.6) is 0 Å². The molecule has 1 atom stereocenters. The Hall–Kier alpha value is -1.83. The molecule has 2 aromatic rings. The largest absolute Gasteiger partial charge is 0.378 e. The molecule has 1 aliphatic rings. The summed E-state index contributed by atoms with van der Waals surface area (Å²) in [6, 6.07) is 15.5. The average molecular weight is 213 g/mol. The first-order chi connectivity index (χ1) is 7.83. The summed E-state index contributed by atoms with van der Waals surface area (Å²) in [5.74, 6) is -0.181. The van der Waals surface area contributed by atoms with Gasteiger partial charge in [0.2, 0.25) is 0 Å². The Bertz CT molecular complexity index is 507. The van der Waals surface area contributed by atoms with Gasteiger partial charge in [0, 0.05) is 5.69 Å². The van der Waals surface area contributed by atoms with Crippen LogP contribution >= 0.6 is 0 Å². The van der Waals surface area contributed by atoms with E-state index < -0.39 is 0 Å². The molecule has 1 N–H and O–H groups in total. The highest BCUT2D eigenvalue weighted by atomic mass is 19.1. The molecule has 0 saturated heterocycles. The van der Waals surface area contributed by atoms with E-state index in [0.29, 0.717) is 0 Å². The predicted molar refractivity (Wildman–Crippen MR) is 62.9 cm³/mol. The van der Waals surface area contributed by atoms with E-state index >= 15 is 0 Å². The Labute approximate surface area is 93.9 Å². The lowest BCUT2D eigenvalue weighted by atomic mass is 10.0. The van der Waals surface area contributed by atoms with Gasteiger partial charge in [-0.2, -0.15) is 0 Å². The Morgan fingerprint density at radius 3 is 2.69 bits per heavy atom. The highest BCUT2D eigenvalue weighted by Gasteiger charge is 2.21. The van der Waals surface area contributed by atoms with E-state index in [2.05, 4.69) is 17.4 Å². The SMILES string of the molecule is Fc1ccc2c(c1)NC(c1ccccc1)C2. The van der Waals surface area contributed by atoms with Crippen LogP contribution in [0, 0.1) is 5.82 Å². The Morgan fingerprint density at radius 2 is 1.88 bits per heavy atom. The van der Waals surface area contributed by atoms with Crippen molar-refractivity contribution in [3.63, 3.8) is 0 Å². The maximum Gasteiger partial charge on any atom is 0.125 e. The number of hydrogen-bond donors (Lipinski definition) is 1. The van der Waals surface area contributed by atoms with Crippen molar-refractivity contribution in [2.75, 3.05) is 5.32 Å². The van der Waals surface area contributed by atoms with Crippen molar-refractivity contribution in [2.24, 2.45) is 0 Å². The fourth-order valence-electron chi connectivity index (χ4n) is 2.21. The number of fused-ring (bicyclic) bond motifs is 1. The Kier molecular flexibility index (Phi) is 2.13. The van der Waals surface area contributed by atoms with Crippen molar-refractivity contribution in [1.29, 1.82) is 0 Å². The second-order valence-electron chi connectivity index (χ2n) is 4.11. The molecule has 16 heavy (non-hydrogen) atoms. The summed E-state index contributed by atoms with van der Waals surface area (Å²) in [6.07, 6.45) is 0.930. The van der Waals surface area contributed by atoms with Gasteiger partial charge in [-0.25, -0.2) is 4.39 Å². The molecule has 0 spiro atoms. The van der Waals surface area contributed by atoms with Crippen molar-refractivity contribution in [1.82, 2.24) is 0 Å². The Morgan fingerprint density at radius 1 is 1.06 bits per heavy atom. The highest BCUT2D eigenvalue weighted by Crippen LogP contribution is 2.34. The van der Waals surface area contributed by atoms with Gasteiger partial charge in [-0.15, -0.1) is 0 Å². The summed E-state index contributed by atoms with van der Waals surface area (Å²) in [7, 11) is 0. The van der Waals surface area contributed by atoms with Crippen molar-refractivity contribution in [3.8, 4) is 0 Å². The average Bonchev–Trinajstić information content (AvgIpc) is 2.73. The lowest BCUT2D eigenvalue weighted by Gasteiger charge is -2.10. The molecule has 3 rings (SSSR count). The smallest absolute Gasteiger partial charge is 0.125 e. The highest BCUT2D eigenvalue weighted by molar-refractivity contribution is 5.58. The standard InChI is InChI=1S/C14H12FN/c15-12-7-6-11-8-13(16-14(11)9-12)10-4-2-1-3-5-10/h1-7,9,13,16H,8H2. The normalized spacial score (nSPS) is 17.9. The molecule has 2 aromatic carbocycles. The van der Waals surface area contributed by atoms with Crippen LogP contribution < -0.4 is 5.32 Å². The molecular formula is C14H12FN. The zero-order valence-corrected chi connectivity index (χ0v) is 8.78. The topological polar surface area (TPSA) is 12.0 Å². The summed E-state index contributed by atoms with van der Waals surface area (Å²) in [4.78, 5) is 0. The van der Waals surface area contributed by atoms with E-state index in [4.69, 9.17) is 0 Å². The van der Waals surface area contributed by atoms with Crippen molar-refractivity contribution >= 4 is 5.69 Å². The number of rotatable bonds is 1. The van der Waals surface area contributed by atoms with E-state index in [9.17, 15) is 4.39 Å². The molecule has 1 unspecified atom stereocenters. The molecule has 0 bridgehead atoms. The van der Waals surface area contributed by atoms with E-state index in [1.807, 2.05) is 24.3 Å². The number of benzene rings is 2. The van der Waals surface area contributed by atoms with Gasteiger partial charge in [-0.1, -0.05) is 36.4 Å². The molecule has 80 valence electrons. The molecule has 0 aliphatic carbocycles. The minimum Gasteiger partial charge on any atom is -0.378 e. The zero-order valence-electron chi connectivity index (χ0n) is 8.78. The van der Waals surface area contributed by atoms with Crippen LogP contribution in [-0.4, -0.2) is 0 Å². The summed E-state index contributed by atoms with van der Waals surface area (Å²) < 4.78 is 13.1. The van der Waals surface area contributed by atoms with E-state index in [0.717, 1.165) is 12.1 Å². The van der Waals surface area contributed by atoms with Gasteiger partial charge in [0.1, 0.15) is 5.82 Å². The summed E-state index contributed by atoms with van der Waals surface area (Å²) in [6.45, 7) is 0. The molecule has 0 amide bonds. The van der Waals surface area contributed by atoms with E-state index in [1.54, 1.807) is 6.07 Å². The van der Waals surface area contributed by atoms with Gasteiger partial charge in [-0.3, -0.25) is 0 Å². The van der Waals surface area contributed by atoms with Crippen LogP contribution in [0.2, 0.25) is 0 Å². The fraction of sp³-hybridized carbons (Fsp3) is 0.143. The summed E-state index contributed by atoms with van der Waals surface area (Å²) in [5, 5.41) is 3.35. The number of halogens is 1. The molecule has 1 nitrogen and oxygen atoms in total. The van der Waals surface area contributed by atoms with Gasteiger partial charge < -0.3 is 5.32 Å². The summed E-state index contributed by atoms with van der Waals surface area (Å²) >= 11 is 0. The van der Waals surface area contributed by atoms with Gasteiger partial charge in [0.05, 0.1) is 6.04 Å². The minimum absolute atomic E-state index is 0.181.